The number of halogens is 1. The van der Waals surface area contributed by atoms with Crippen molar-refractivity contribution in [1.82, 2.24) is 15.5 Å². The van der Waals surface area contributed by atoms with E-state index in [-0.39, 0.29) is 24.0 Å². The zero-order chi connectivity index (χ0) is 19.4. The molecule has 164 valence electrons. The maximum absolute atomic E-state index is 5.71. The first-order valence-corrected chi connectivity index (χ1v) is 10.9. The van der Waals surface area contributed by atoms with Gasteiger partial charge in [-0.15, -0.1) is 24.0 Å². The Morgan fingerprint density at radius 3 is 2.93 bits per heavy atom. The smallest absolute Gasteiger partial charge is 0.191 e. The SMILES string of the molecule is CCNC(=NCCCOCC1CCCO1)NCCN1CCc2ccccc2C1.I. The summed E-state index contributed by atoms with van der Waals surface area (Å²) in [5.41, 5.74) is 2.97. The Morgan fingerprint density at radius 1 is 1.28 bits per heavy atom. The molecule has 1 aromatic carbocycles. The normalized spacial score (nSPS) is 19.5. The first-order valence-electron chi connectivity index (χ1n) is 10.9. The van der Waals surface area contributed by atoms with Gasteiger partial charge in [0.25, 0.3) is 0 Å². The van der Waals surface area contributed by atoms with Crippen LogP contribution in [0.5, 0.6) is 0 Å². The highest BCUT2D eigenvalue weighted by atomic mass is 127. The summed E-state index contributed by atoms with van der Waals surface area (Å²) in [5.74, 6) is 0.902. The number of hydrogen-bond acceptors (Lipinski definition) is 4. The monoisotopic (exact) mass is 516 g/mol. The maximum Gasteiger partial charge on any atom is 0.191 e. The van der Waals surface area contributed by atoms with Gasteiger partial charge in [0.1, 0.15) is 0 Å². The summed E-state index contributed by atoms with van der Waals surface area (Å²) in [6, 6.07) is 8.79. The summed E-state index contributed by atoms with van der Waals surface area (Å²) in [6.45, 7) is 10.2. The van der Waals surface area contributed by atoms with Crippen LogP contribution in [-0.4, -0.2) is 69.5 Å². The second kappa shape index (κ2) is 14.2. The molecule has 0 aromatic heterocycles. The van der Waals surface area contributed by atoms with Crippen LogP contribution in [0.1, 0.15) is 37.3 Å². The van der Waals surface area contributed by atoms with Crippen LogP contribution in [0, 0.1) is 0 Å². The summed E-state index contributed by atoms with van der Waals surface area (Å²) >= 11 is 0. The van der Waals surface area contributed by atoms with E-state index in [0.29, 0.717) is 6.10 Å². The summed E-state index contributed by atoms with van der Waals surface area (Å²) in [4.78, 5) is 7.18. The molecule has 0 aliphatic carbocycles. The zero-order valence-corrected chi connectivity index (χ0v) is 20.0. The molecule has 0 amide bonds. The van der Waals surface area contributed by atoms with Crippen molar-refractivity contribution in [2.45, 2.75) is 45.3 Å². The molecule has 2 N–H and O–H groups in total. The Hall–Kier alpha value is -0.900. The number of benzene rings is 1. The minimum atomic E-state index is 0. The first kappa shape index (κ1) is 24.4. The lowest BCUT2D eigenvalue weighted by Gasteiger charge is -2.28. The minimum Gasteiger partial charge on any atom is -0.379 e. The number of guanidine groups is 1. The number of nitrogens with zero attached hydrogens (tertiary/aromatic N) is 2. The highest BCUT2D eigenvalue weighted by Gasteiger charge is 2.16. The topological polar surface area (TPSA) is 58.1 Å². The van der Waals surface area contributed by atoms with Gasteiger partial charge in [-0.2, -0.15) is 0 Å². The van der Waals surface area contributed by atoms with Gasteiger partial charge < -0.3 is 20.1 Å². The molecule has 1 saturated heterocycles. The third-order valence-electron chi connectivity index (χ3n) is 5.32. The highest BCUT2D eigenvalue weighted by Crippen LogP contribution is 2.17. The minimum absolute atomic E-state index is 0. The fraction of sp³-hybridized carbons (Fsp3) is 0.682. The van der Waals surface area contributed by atoms with Crippen molar-refractivity contribution in [3.63, 3.8) is 0 Å². The lowest BCUT2D eigenvalue weighted by molar-refractivity contribution is 0.0171. The van der Waals surface area contributed by atoms with Crippen LogP contribution >= 0.6 is 24.0 Å². The third kappa shape index (κ3) is 8.78. The van der Waals surface area contributed by atoms with E-state index >= 15 is 0 Å². The Kier molecular flexibility index (Phi) is 11.9. The molecule has 0 saturated carbocycles. The summed E-state index contributed by atoms with van der Waals surface area (Å²) in [5, 5.41) is 6.80. The highest BCUT2D eigenvalue weighted by molar-refractivity contribution is 14.0. The summed E-state index contributed by atoms with van der Waals surface area (Å²) < 4.78 is 11.3. The fourth-order valence-corrected chi connectivity index (χ4v) is 3.77. The van der Waals surface area contributed by atoms with E-state index in [9.17, 15) is 0 Å². The fourth-order valence-electron chi connectivity index (χ4n) is 3.77. The molecule has 2 aliphatic heterocycles. The Labute approximate surface area is 192 Å². The standard InChI is InChI=1S/C22H36N4O2.HI/c1-2-23-22(24-11-6-15-27-18-21-9-5-16-28-21)25-12-14-26-13-10-19-7-3-4-8-20(19)17-26;/h3-4,7-8,21H,2,5-6,9-18H2,1H3,(H2,23,24,25);1H. The van der Waals surface area contributed by atoms with Gasteiger partial charge in [-0.25, -0.2) is 0 Å². The van der Waals surface area contributed by atoms with Crippen molar-refractivity contribution in [1.29, 1.82) is 0 Å². The van der Waals surface area contributed by atoms with Crippen molar-refractivity contribution in [2.75, 3.05) is 52.5 Å². The van der Waals surface area contributed by atoms with Crippen molar-refractivity contribution < 1.29 is 9.47 Å². The largest absolute Gasteiger partial charge is 0.379 e. The summed E-state index contributed by atoms with van der Waals surface area (Å²) in [7, 11) is 0. The van der Waals surface area contributed by atoms with Crippen LogP contribution < -0.4 is 10.6 Å². The molecule has 3 rings (SSSR count). The van der Waals surface area contributed by atoms with Gasteiger partial charge in [0, 0.05) is 52.5 Å². The van der Waals surface area contributed by atoms with E-state index in [4.69, 9.17) is 9.47 Å². The molecular weight excluding hydrogens is 479 g/mol. The van der Waals surface area contributed by atoms with Crippen molar-refractivity contribution >= 4 is 29.9 Å². The molecular formula is C22H37IN4O2. The van der Waals surface area contributed by atoms with Gasteiger partial charge in [-0.3, -0.25) is 9.89 Å². The molecule has 7 heteroatoms. The third-order valence-corrected chi connectivity index (χ3v) is 5.32. The van der Waals surface area contributed by atoms with E-state index in [1.54, 1.807) is 0 Å². The van der Waals surface area contributed by atoms with Gasteiger partial charge in [0.15, 0.2) is 5.96 Å². The van der Waals surface area contributed by atoms with E-state index in [1.807, 2.05) is 0 Å². The molecule has 1 unspecified atom stereocenters. The van der Waals surface area contributed by atoms with Gasteiger partial charge >= 0.3 is 0 Å². The Morgan fingerprint density at radius 2 is 2.14 bits per heavy atom. The first-order chi connectivity index (χ1) is 13.8. The lowest BCUT2D eigenvalue weighted by Crippen LogP contribution is -2.42. The van der Waals surface area contributed by atoms with Crippen LogP contribution in [0.2, 0.25) is 0 Å². The number of rotatable bonds is 10. The molecule has 2 aliphatic rings. The van der Waals surface area contributed by atoms with E-state index < -0.39 is 0 Å². The maximum atomic E-state index is 5.71. The number of fused-ring (bicyclic) bond motifs is 1. The number of aliphatic imine (C=N–C) groups is 1. The average Bonchev–Trinajstić information content (AvgIpc) is 3.24. The van der Waals surface area contributed by atoms with Crippen molar-refractivity contribution in [3.8, 4) is 0 Å². The second-order valence-corrected chi connectivity index (χ2v) is 7.55. The van der Waals surface area contributed by atoms with Gasteiger partial charge in [-0.05, 0) is 43.7 Å². The molecule has 2 heterocycles. The van der Waals surface area contributed by atoms with Gasteiger partial charge in [-0.1, -0.05) is 24.3 Å². The molecule has 0 bridgehead atoms. The van der Waals surface area contributed by atoms with Crippen LogP contribution in [-0.2, 0) is 22.4 Å². The van der Waals surface area contributed by atoms with Crippen molar-refractivity contribution in [3.05, 3.63) is 35.4 Å². The molecule has 0 radical (unpaired) electrons. The predicted molar refractivity (Wildman–Crippen MR) is 129 cm³/mol. The molecule has 1 aromatic rings. The molecule has 6 nitrogen and oxygen atoms in total. The Balaban J connectivity index is 0.00000300. The van der Waals surface area contributed by atoms with Crippen LogP contribution in [0.3, 0.4) is 0 Å². The van der Waals surface area contributed by atoms with Gasteiger partial charge in [0.2, 0.25) is 0 Å². The number of hydrogen-bond donors (Lipinski definition) is 2. The average molecular weight is 516 g/mol. The zero-order valence-electron chi connectivity index (χ0n) is 17.7. The van der Waals surface area contributed by atoms with Gasteiger partial charge in [0.05, 0.1) is 12.7 Å². The van der Waals surface area contributed by atoms with Crippen LogP contribution in [0.4, 0.5) is 0 Å². The number of ether oxygens (including phenoxy) is 2. The quantitative estimate of drug-likeness (QED) is 0.217. The number of nitrogens with one attached hydrogen (secondary N) is 2. The Bertz CT molecular complexity index is 608. The second-order valence-electron chi connectivity index (χ2n) is 7.55. The molecule has 29 heavy (non-hydrogen) atoms. The molecule has 1 atom stereocenters. The van der Waals surface area contributed by atoms with E-state index in [0.717, 1.165) is 84.3 Å². The predicted octanol–water partition coefficient (Wildman–Crippen LogP) is 2.80. The molecule has 0 spiro atoms. The van der Waals surface area contributed by atoms with E-state index in [2.05, 4.69) is 51.7 Å². The van der Waals surface area contributed by atoms with E-state index in [1.165, 1.54) is 17.5 Å². The van der Waals surface area contributed by atoms with Crippen LogP contribution in [0.25, 0.3) is 0 Å². The molecule has 1 fully saturated rings. The summed E-state index contributed by atoms with van der Waals surface area (Å²) in [6.07, 6.45) is 4.70. The van der Waals surface area contributed by atoms with Crippen LogP contribution in [0.15, 0.2) is 29.3 Å². The lowest BCUT2D eigenvalue weighted by atomic mass is 10.00. The van der Waals surface area contributed by atoms with Crippen molar-refractivity contribution in [2.24, 2.45) is 4.99 Å².